The molecule has 3 heteroatoms. The standard InChI is InChI=1S/C26H20N2O/c1-17-11-13-18(14-12-17)19-15-22-21-9-5-6-10-23(21)28-26(29)25(22)24(16-19)27-20-7-3-2-4-8-20/h2-16,27H,1H3,(H,28,29). The SMILES string of the molecule is Cc1ccc(-c2cc(Nc3ccccc3)c3c(=O)[nH]c4ccccc4c3c2)cc1. The molecule has 0 amide bonds. The number of H-pyrrole nitrogens is 1. The van der Waals surface area contributed by atoms with Crippen LogP contribution in [-0.4, -0.2) is 4.98 Å². The van der Waals surface area contributed by atoms with Gasteiger partial charge < -0.3 is 10.3 Å². The lowest BCUT2D eigenvalue weighted by Gasteiger charge is -2.14. The molecule has 0 aliphatic rings. The van der Waals surface area contributed by atoms with Gasteiger partial charge in [0.25, 0.3) is 5.56 Å². The fraction of sp³-hybridized carbons (Fsp3) is 0.0385. The van der Waals surface area contributed by atoms with Crippen molar-refractivity contribution in [3.8, 4) is 11.1 Å². The third-order valence-corrected chi connectivity index (χ3v) is 5.27. The van der Waals surface area contributed by atoms with Crippen molar-refractivity contribution in [3.63, 3.8) is 0 Å². The molecule has 0 atom stereocenters. The monoisotopic (exact) mass is 376 g/mol. The van der Waals surface area contributed by atoms with Gasteiger partial charge in [-0.1, -0.05) is 66.2 Å². The van der Waals surface area contributed by atoms with E-state index in [0.29, 0.717) is 5.39 Å². The number of benzene rings is 4. The lowest BCUT2D eigenvalue weighted by molar-refractivity contribution is 1.34. The van der Waals surface area contributed by atoms with Crippen molar-refractivity contribution in [1.29, 1.82) is 0 Å². The van der Waals surface area contributed by atoms with Crippen molar-refractivity contribution >= 4 is 33.1 Å². The van der Waals surface area contributed by atoms with Gasteiger partial charge in [-0.2, -0.15) is 0 Å². The third kappa shape index (κ3) is 3.17. The highest BCUT2D eigenvalue weighted by Crippen LogP contribution is 2.34. The Morgan fingerprint density at radius 1 is 0.724 bits per heavy atom. The quantitative estimate of drug-likeness (QED) is 0.358. The van der Waals surface area contributed by atoms with E-state index in [4.69, 9.17) is 0 Å². The van der Waals surface area contributed by atoms with Gasteiger partial charge in [0.15, 0.2) is 0 Å². The minimum Gasteiger partial charge on any atom is -0.355 e. The van der Waals surface area contributed by atoms with E-state index < -0.39 is 0 Å². The van der Waals surface area contributed by atoms with Gasteiger partial charge in [-0.3, -0.25) is 4.79 Å². The third-order valence-electron chi connectivity index (χ3n) is 5.27. The molecule has 29 heavy (non-hydrogen) atoms. The summed E-state index contributed by atoms with van der Waals surface area (Å²) in [4.78, 5) is 16.0. The Hall–Kier alpha value is -3.85. The number of aromatic amines is 1. The summed E-state index contributed by atoms with van der Waals surface area (Å²) in [6.07, 6.45) is 0. The average Bonchev–Trinajstić information content (AvgIpc) is 2.75. The molecule has 0 radical (unpaired) electrons. The summed E-state index contributed by atoms with van der Waals surface area (Å²) in [7, 11) is 0. The van der Waals surface area contributed by atoms with E-state index in [1.165, 1.54) is 5.56 Å². The van der Waals surface area contributed by atoms with Crippen molar-refractivity contribution in [3.05, 3.63) is 107 Å². The molecule has 1 heterocycles. The fourth-order valence-electron chi connectivity index (χ4n) is 3.80. The van der Waals surface area contributed by atoms with Gasteiger partial charge in [0, 0.05) is 16.6 Å². The van der Waals surface area contributed by atoms with Crippen LogP contribution < -0.4 is 10.9 Å². The number of hydrogen-bond acceptors (Lipinski definition) is 2. The number of para-hydroxylation sites is 2. The molecule has 0 bridgehead atoms. The Bertz CT molecular complexity index is 1380. The molecule has 0 saturated heterocycles. The minimum atomic E-state index is -0.0902. The number of aryl methyl sites for hydroxylation is 1. The number of aromatic nitrogens is 1. The molecular formula is C26H20N2O. The summed E-state index contributed by atoms with van der Waals surface area (Å²) >= 11 is 0. The van der Waals surface area contributed by atoms with Crippen LogP contribution in [-0.2, 0) is 0 Å². The highest BCUT2D eigenvalue weighted by Gasteiger charge is 2.13. The second kappa shape index (κ2) is 6.95. The van der Waals surface area contributed by atoms with Gasteiger partial charge in [-0.05, 0) is 53.8 Å². The minimum absolute atomic E-state index is 0.0902. The lowest BCUT2D eigenvalue weighted by atomic mass is 9.97. The number of nitrogens with one attached hydrogen (secondary N) is 2. The summed E-state index contributed by atoms with van der Waals surface area (Å²) in [6.45, 7) is 2.08. The Balaban J connectivity index is 1.84. The second-order valence-corrected chi connectivity index (χ2v) is 7.30. The van der Waals surface area contributed by atoms with Gasteiger partial charge in [-0.25, -0.2) is 0 Å². The lowest BCUT2D eigenvalue weighted by Crippen LogP contribution is -2.09. The molecule has 4 aromatic carbocycles. The number of pyridine rings is 1. The molecular weight excluding hydrogens is 356 g/mol. The van der Waals surface area contributed by atoms with Crippen LogP contribution in [0.25, 0.3) is 32.8 Å². The molecule has 2 N–H and O–H groups in total. The van der Waals surface area contributed by atoms with Crippen molar-refractivity contribution < 1.29 is 0 Å². The smallest absolute Gasteiger partial charge is 0.258 e. The predicted molar refractivity (Wildman–Crippen MR) is 122 cm³/mol. The Morgan fingerprint density at radius 2 is 1.45 bits per heavy atom. The molecule has 0 fully saturated rings. The van der Waals surface area contributed by atoms with Gasteiger partial charge in [-0.15, -0.1) is 0 Å². The number of rotatable bonds is 3. The molecule has 5 aromatic rings. The highest BCUT2D eigenvalue weighted by atomic mass is 16.1. The molecule has 140 valence electrons. The first-order valence-electron chi connectivity index (χ1n) is 9.67. The molecule has 0 saturated carbocycles. The van der Waals surface area contributed by atoms with Crippen LogP contribution >= 0.6 is 0 Å². The van der Waals surface area contributed by atoms with E-state index in [0.717, 1.165) is 38.8 Å². The van der Waals surface area contributed by atoms with Gasteiger partial charge in [0.1, 0.15) is 0 Å². The summed E-state index contributed by atoms with van der Waals surface area (Å²) in [5.41, 5.74) is 5.92. The van der Waals surface area contributed by atoms with E-state index in [1.807, 2.05) is 48.5 Å². The van der Waals surface area contributed by atoms with Gasteiger partial charge >= 0.3 is 0 Å². The Labute approximate surface area is 168 Å². The zero-order valence-corrected chi connectivity index (χ0v) is 16.1. The van der Waals surface area contributed by atoms with Crippen LogP contribution in [0.2, 0.25) is 0 Å². The van der Waals surface area contributed by atoms with Gasteiger partial charge in [0.05, 0.1) is 11.1 Å². The zero-order chi connectivity index (χ0) is 19.8. The van der Waals surface area contributed by atoms with E-state index in [1.54, 1.807) is 0 Å². The van der Waals surface area contributed by atoms with Crippen molar-refractivity contribution in [2.24, 2.45) is 0 Å². The average molecular weight is 376 g/mol. The number of fused-ring (bicyclic) bond motifs is 3. The molecule has 0 aliphatic heterocycles. The maximum Gasteiger partial charge on any atom is 0.258 e. The first kappa shape index (κ1) is 17.3. The molecule has 3 nitrogen and oxygen atoms in total. The first-order valence-corrected chi connectivity index (χ1v) is 9.67. The molecule has 0 unspecified atom stereocenters. The van der Waals surface area contributed by atoms with Crippen LogP contribution in [0.15, 0.2) is 95.8 Å². The van der Waals surface area contributed by atoms with E-state index in [9.17, 15) is 4.79 Å². The first-order chi connectivity index (χ1) is 14.2. The van der Waals surface area contributed by atoms with E-state index >= 15 is 0 Å². The normalized spacial score (nSPS) is 11.1. The zero-order valence-electron chi connectivity index (χ0n) is 16.1. The Morgan fingerprint density at radius 3 is 2.24 bits per heavy atom. The summed E-state index contributed by atoms with van der Waals surface area (Å²) in [5, 5.41) is 6.10. The van der Waals surface area contributed by atoms with Crippen LogP contribution in [0.3, 0.4) is 0 Å². The maximum absolute atomic E-state index is 13.0. The summed E-state index contributed by atoms with van der Waals surface area (Å²) < 4.78 is 0. The second-order valence-electron chi connectivity index (χ2n) is 7.30. The predicted octanol–water partition coefficient (Wildman–Crippen LogP) is 6.40. The highest BCUT2D eigenvalue weighted by molar-refractivity contribution is 6.11. The van der Waals surface area contributed by atoms with Crippen LogP contribution in [0, 0.1) is 6.92 Å². The van der Waals surface area contributed by atoms with Crippen LogP contribution in [0.1, 0.15) is 5.56 Å². The van der Waals surface area contributed by atoms with Crippen molar-refractivity contribution in [2.45, 2.75) is 6.92 Å². The molecule has 0 spiro atoms. The topological polar surface area (TPSA) is 44.9 Å². The summed E-state index contributed by atoms with van der Waals surface area (Å²) in [5.74, 6) is 0. The van der Waals surface area contributed by atoms with Crippen molar-refractivity contribution in [2.75, 3.05) is 5.32 Å². The number of hydrogen-bond donors (Lipinski definition) is 2. The van der Waals surface area contributed by atoms with Crippen LogP contribution in [0.4, 0.5) is 11.4 Å². The summed E-state index contributed by atoms with van der Waals surface area (Å²) in [6, 6.07) is 30.5. The Kier molecular flexibility index (Phi) is 4.14. The fourth-order valence-corrected chi connectivity index (χ4v) is 3.80. The molecule has 5 rings (SSSR count). The van der Waals surface area contributed by atoms with Crippen LogP contribution in [0.5, 0.6) is 0 Å². The van der Waals surface area contributed by atoms with E-state index in [-0.39, 0.29) is 5.56 Å². The number of anilines is 2. The largest absolute Gasteiger partial charge is 0.355 e. The molecule has 0 aliphatic carbocycles. The molecule has 1 aromatic heterocycles. The van der Waals surface area contributed by atoms with Gasteiger partial charge in [0.2, 0.25) is 0 Å². The maximum atomic E-state index is 13.0. The van der Waals surface area contributed by atoms with E-state index in [2.05, 4.69) is 59.7 Å². The van der Waals surface area contributed by atoms with Crippen molar-refractivity contribution in [1.82, 2.24) is 4.98 Å².